The van der Waals surface area contributed by atoms with Crippen molar-refractivity contribution in [1.29, 1.82) is 0 Å². The number of hydrogen-bond acceptors (Lipinski definition) is 3. The van der Waals surface area contributed by atoms with Crippen molar-refractivity contribution >= 4 is 35.2 Å². The van der Waals surface area contributed by atoms with Gasteiger partial charge in [-0.05, 0) is 37.1 Å². The Morgan fingerprint density at radius 1 is 1.29 bits per heavy atom. The Kier molecular flexibility index (Phi) is 6.58. The van der Waals surface area contributed by atoms with E-state index in [1.807, 2.05) is 45.0 Å². The number of nitrogens with zero attached hydrogens (tertiary/aromatic N) is 1. The summed E-state index contributed by atoms with van der Waals surface area (Å²) in [7, 11) is 0. The summed E-state index contributed by atoms with van der Waals surface area (Å²) in [5.74, 6) is 0.797. The van der Waals surface area contributed by atoms with Crippen LogP contribution in [0.25, 0.3) is 0 Å². The second-order valence-electron chi connectivity index (χ2n) is 7.00. The summed E-state index contributed by atoms with van der Waals surface area (Å²) in [6.45, 7) is 6.94. The van der Waals surface area contributed by atoms with Crippen molar-refractivity contribution in [3.63, 3.8) is 0 Å². The molecule has 0 saturated carbocycles. The molecular weight excluding hydrogens is 344 g/mol. The number of hydrogen-bond donors (Lipinski definition) is 1. The van der Waals surface area contributed by atoms with Crippen LogP contribution in [0.5, 0.6) is 0 Å². The van der Waals surface area contributed by atoms with Crippen molar-refractivity contribution < 1.29 is 9.59 Å². The Balaban J connectivity index is 1.79. The van der Waals surface area contributed by atoms with E-state index in [1.165, 1.54) is 0 Å². The van der Waals surface area contributed by atoms with Gasteiger partial charge in [0.15, 0.2) is 0 Å². The van der Waals surface area contributed by atoms with E-state index in [9.17, 15) is 9.59 Å². The normalized spacial score (nSPS) is 17.8. The Hall–Kier alpha value is -1.20. The average molecular weight is 369 g/mol. The van der Waals surface area contributed by atoms with E-state index in [-0.39, 0.29) is 17.9 Å². The molecule has 1 aliphatic rings. The summed E-state index contributed by atoms with van der Waals surface area (Å²) in [4.78, 5) is 27.7. The monoisotopic (exact) mass is 368 g/mol. The summed E-state index contributed by atoms with van der Waals surface area (Å²) in [5, 5.41) is 3.68. The van der Waals surface area contributed by atoms with E-state index in [2.05, 4.69) is 5.32 Å². The third-order valence-electron chi connectivity index (χ3n) is 3.94. The van der Waals surface area contributed by atoms with Crippen LogP contribution in [0.2, 0.25) is 5.02 Å². The third kappa shape index (κ3) is 5.15. The van der Waals surface area contributed by atoms with Crippen LogP contribution in [-0.2, 0) is 9.59 Å². The van der Waals surface area contributed by atoms with Gasteiger partial charge in [0, 0.05) is 34.2 Å². The molecule has 1 N–H and O–H groups in total. The number of carbonyl (C=O) groups excluding carboxylic acids is 2. The predicted molar refractivity (Wildman–Crippen MR) is 99.4 cm³/mol. The van der Waals surface area contributed by atoms with Gasteiger partial charge >= 0.3 is 0 Å². The molecule has 0 aromatic heterocycles. The minimum Gasteiger partial charge on any atom is -0.353 e. The highest BCUT2D eigenvalue weighted by Gasteiger charge is 2.38. The first-order valence-corrected chi connectivity index (χ1v) is 9.62. The number of rotatable bonds is 5. The lowest BCUT2D eigenvalue weighted by molar-refractivity contribution is -0.144. The van der Waals surface area contributed by atoms with Crippen LogP contribution in [0, 0.1) is 5.41 Å². The number of likely N-dealkylation sites (tertiary alicyclic amines) is 1. The maximum atomic E-state index is 12.5. The van der Waals surface area contributed by atoms with Crippen molar-refractivity contribution in [2.24, 2.45) is 5.41 Å². The summed E-state index contributed by atoms with van der Waals surface area (Å²) >= 11 is 7.53. The summed E-state index contributed by atoms with van der Waals surface area (Å²) in [5.41, 5.74) is -0.451. The van der Waals surface area contributed by atoms with Crippen LogP contribution in [0.3, 0.4) is 0 Å². The Bertz CT molecular complexity index is 584. The quantitative estimate of drug-likeness (QED) is 0.638. The fourth-order valence-electron chi connectivity index (χ4n) is 2.70. The molecule has 2 rings (SSSR count). The number of benzene rings is 1. The minimum absolute atomic E-state index is 0.0400. The molecule has 0 aliphatic carbocycles. The van der Waals surface area contributed by atoms with Gasteiger partial charge in [-0.2, -0.15) is 0 Å². The maximum absolute atomic E-state index is 12.5. The van der Waals surface area contributed by atoms with E-state index in [1.54, 1.807) is 16.7 Å². The zero-order chi connectivity index (χ0) is 17.7. The van der Waals surface area contributed by atoms with Crippen LogP contribution in [0.4, 0.5) is 0 Å². The first kappa shape index (κ1) is 19.1. The number of carbonyl (C=O) groups is 2. The van der Waals surface area contributed by atoms with Crippen molar-refractivity contribution in [3.05, 3.63) is 29.3 Å². The Morgan fingerprint density at radius 2 is 1.96 bits per heavy atom. The Morgan fingerprint density at radius 3 is 2.58 bits per heavy atom. The second-order valence-corrected chi connectivity index (χ2v) is 8.60. The first-order valence-electron chi connectivity index (χ1n) is 8.26. The van der Waals surface area contributed by atoms with Crippen LogP contribution in [0.15, 0.2) is 29.2 Å². The molecule has 0 radical (unpaired) electrons. The highest BCUT2D eigenvalue weighted by atomic mass is 35.5. The lowest BCUT2D eigenvalue weighted by Gasteiger charge is -2.30. The topological polar surface area (TPSA) is 49.4 Å². The van der Waals surface area contributed by atoms with Crippen LogP contribution in [-0.4, -0.2) is 41.6 Å². The standard InChI is InChI=1S/C18H25ClN2O2S/c1-18(2,3)17(23)21-11-4-5-15(21)16(22)20-10-12-24-14-8-6-13(19)7-9-14/h6-9,15H,4-5,10-12H2,1-3H3,(H,20,22). The first-order chi connectivity index (χ1) is 11.3. The van der Waals surface area contributed by atoms with Crippen LogP contribution < -0.4 is 5.32 Å². The molecule has 6 heteroatoms. The molecular formula is C18H25ClN2O2S. The number of thioether (sulfide) groups is 1. The number of amides is 2. The fourth-order valence-corrected chi connectivity index (χ4v) is 3.60. The zero-order valence-electron chi connectivity index (χ0n) is 14.5. The predicted octanol–water partition coefficient (Wildman–Crippen LogP) is 3.59. The number of nitrogens with one attached hydrogen (secondary N) is 1. The molecule has 24 heavy (non-hydrogen) atoms. The van der Waals surface area contributed by atoms with Gasteiger partial charge in [0.1, 0.15) is 6.04 Å². The molecule has 0 bridgehead atoms. The molecule has 1 fully saturated rings. The van der Waals surface area contributed by atoms with Crippen molar-refractivity contribution in [3.8, 4) is 0 Å². The van der Waals surface area contributed by atoms with Gasteiger partial charge in [-0.25, -0.2) is 0 Å². The molecule has 1 aliphatic heterocycles. The van der Waals surface area contributed by atoms with Gasteiger partial charge in [0.05, 0.1) is 0 Å². The summed E-state index contributed by atoms with van der Waals surface area (Å²) in [6.07, 6.45) is 1.64. The minimum atomic E-state index is -0.451. The summed E-state index contributed by atoms with van der Waals surface area (Å²) < 4.78 is 0. The molecule has 2 amide bonds. The fraction of sp³-hybridized carbons (Fsp3) is 0.556. The molecule has 1 atom stereocenters. The van der Waals surface area contributed by atoms with Crippen molar-refractivity contribution in [2.45, 2.75) is 44.6 Å². The lowest BCUT2D eigenvalue weighted by atomic mass is 9.94. The van der Waals surface area contributed by atoms with Gasteiger partial charge in [-0.3, -0.25) is 9.59 Å². The van der Waals surface area contributed by atoms with E-state index >= 15 is 0 Å². The van der Waals surface area contributed by atoms with Gasteiger partial charge < -0.3 is 10.2 Å². The second kappa shape index (κ2) is 8.26. The molecule has 132 valence electrons. The summed E-state index contributed by atoms with van der Waals surface area (Å²) in [6, 6.07) is 7.33. The third-order valence-corrected chi connectivity index (χ3v) is 5.21. The smallest absolute Gasteiger partial charge is 0.242 e. The molecule has 1 saturated heterocycles. The van der Waals surface area contributed by atoms with E-state index in [4.69, 9.17) is 11.6 Å². The van der Waals surface area contributed by atoms with Crippen molar-refractivity contribution in [2.75, 3.05) is 18.8 Å². The molecule has 1 heterocycles. The van der Waals surface area contributed by atoms with E-state index in [0.29, 0.717) is 13.1 Å². The Labute approximate surface area is 153 Å². The molecule has 1 aromatic carbocycles. The molecule has 0 spiro atoms. The maximum Gasteiger partial charge on any atom is 0.242 e. The van der Waals surface area contributed by atoms with Gasteiger partial charge in [-0.15, -0.1) is 11.8 Å². The number of halogens is 1. The largest absolute Gasteiger partial charge is 0.353 e. The van der Waals surface area contributed by atoms with Crippen LogP contribution in [0.1, 0.15) is 33.6 Å². The highest BCUT2D eigenvalue weighted by molar-refractivity contribution is 7.99. The van der Waals surface area contributed by atoms with Gasteiger partial charge in [0.25, 0.3) is 0 Å². The van der Waals surface area contributed by atoms with Gasteiger partial charge in [-0.1, -0.05) is 32.4 Å². The van der Waals surface area contributed by atoms with Crippen molar-refractivity contribution in [1.82, 2.24) is 10.2 Å². The SMILES string of the molecule is CC(C)(C)C(=O)N1CCCC1C(=O)NCCSc1ccc(Cl)cc1. The molecule has 1 aromatic rings. The van der Waals surface area contributed by atoms with Gasteiger partial charge in [0.2, 0.25) is 11.8 Å². The van der Waals surface area contributed by atoms with Crippen LogP contribution >= 0.6 is 23.4 Å². The zero-order valence-corrected chi connectivity index (χ0v) is 16.0. The molecule has 1 unspecified atom stereocenters. The molecule has 4 nitrogen and oxygen atoms in total. The van der Waals surface area contributed by atoms with E-state index in [0.717, 1.165) is 28.5 Å². The highest BCUT2D eigenvalue weighted by Crippen LogP contribution is 2.25. The van der Waals surface area contributed by atoms with E-state index < -0.39 is 5.41 Å². The lowest BCUT2D eigenvalue weighted by Crippen LogP contribution is -2.49. The average Bonchev–Trinajstić information content (AvgIpc) is 3.00.